The largest absolute Gasteiger partial charge is 0.481 e. The highest BCUT2D eigenvalue weighted by Gasteiger charge is 2.21. The zero-order chi connectivity index (χ0) is 14.4. The molecule has 1 aromatic heterocycles. The quantitative estimate of drug-likeness (QED) is 0.848. The van der Waals surface area contributed by atoms with Crippen molar-refractivity contribution in [2.75, 3.05) is 6.54 Å². The van der Waals surface area contributed by atoms with Gasteiger partial charge in [-0.25, -0.2) is 0 Å². The summed E-state index contributed by atoms with van der Waals surface area (Å²) in [5, 5.41) is 8.79. The first-order valence-electron chi connectivity index (χ1n) is 6.37. The van der Waals surface area contributed by atoms with Crippen LogP contribution in [0.15, 0.2) is 18.3 Å². The van der Waals surface area contributed by atoms with E-state index in [1.165, 1.54) is 0 Å². The summed E-state index contributed by atoms with van der Waals surface area (Å²) < 4.78 is 0. The van der Waals surface area contributed by atoms with Crippen molar-refractivity contribution in [3.63, 3.8) is 0 Å². The van der Waals surface area contributed by atoms with Crippen molar-refractivity contribution in [2.24, 2.45) is 0 Å². The molecule has 1 heterocycles. The van der Waals surface area contributed by atoms with Crippen LogP contribution in [-0.2, 0) is 16.0 Å². The monoisotopic (exact) mass is 264 g/mol. The molecular weight excluding hydrogens is 244 g/mol. The van der Waals surface area contributed by atoms with Crippen molar-refractivity contribution in [3.05, 3.63) is 29.6 Å². The Kier molecular flexibility index (Phi) is 5.48. The highest BCUT2D eigenvalue weighted by molar-refractivity contribution is 5.79. The molecule has 104 valence electrons. The lowest BCUT2D eigenvalue weighted by molar-refractivity contribution is -0.140. The second kappa shape index (κ2) is 6.87. The summed E-state index contributed by atoms with van der Waals surface area (Å²) >= 11 is 0. The van der Waals surface area contributed by atoms with Gasteiger partial charge in [0.25, 0.3) is 0 Å². The number of nitrogens with zero attached hydrogens (tertiary/aromatic N) is 2. The van der Waals surface area contributed by atoms with Gasteiger partial charge in [-0.2, -0.15) is 0 Å². The van der Waals surface area contributed by atoms with Gasteiger partial charge in [-0.05, 0) is 32.4 Å². The first-order chi connectivity index (χ1) is 8.95. The molecule has 1 amide bonds. The highest BCUT2D eigenvalue weighted by atomic mass is 16.4. The number of rotatable bonds is 6. The van der Waals surface area contributed by atoms with Gasteiger partial charge in [0.2, 0.25) is 5.91 Å². The van der Waals surface area contributed by atoms with E-state index in [4.69, 9.17) is 5.11 Å². The number of aryl methyl sites for hydroxylation is 1. The number of carbonyl (C=O) groups is 2. The molecule has 1 unspecified atom stereocenters. The maximum atomic E-state index is 12.2. The second-order valence-corrected chi connectivity index (χ2v) is 4.57. The van der Waals surface area contributed by atoms with Gasteiger partial charge in [0.15, 0.2) is 0 Å². The Morgan fingerprint density at radius 2 is 2.16 bits per heavy atom. The number of pyridine rings is 1. The topological polar surface area (TPSA) is 70.5 Å². The minimum Gasteiger partial charge on any atom is -0.481 e. The molecule has 0 spiro atoms. The van der Waals surface area contributed by atoms with Crippen LogP contribution in [0.4, 0.5) is 0 Å². The lowest BCUT2D eigenvalue weighted by Crippen LogP contribution is -2.40. The second-order valence-electron chi connectivity index (χ2n) is 4.57. The Hall–Kier alpha value is -1.91. The fourth-order valence-corrected chi connectivity index (χ4v) is 2.04. The molecule has 0 saturated carbocycles. The van der Waals surface area contributed by atoms with E-state index in [2.05, 4.69) is 4.98 Å². The van der Waals surface area contributed by atoms with Crippen LogP contribution in [0.25, 0.3) is 0 Å². The van der Waals surface area contributed by atoms with Gasteiger partial charge in [-0.15, -0.1) is 0 Å². The van der Waals surface area contributed by atoms with Crippen molar-refractivity contribution >= 4 is 11.9 Å². The normalized spacial score (nSPS) is 11.9. The molecule has 5 heteroatoms. The van der Waals surface area contributed by atoms with Crippen molar-refractivity contribution in [1.82, 2.24) is 9.88 Å². The molecular formula is C14H20N2O3. The number of carboxylic acid groups (broad SMARTS) is 1. The van der Waals surface area contributed by atoms with E-state index < -0.39 is 5.97 Å². The van der Waals surface area contributed by atoms with Crippen molar-refractivity contribution in [1.29, 1.82) is 0 Å². The van der Waals surface area contributed by atoms with Gasteiger partial charge in [-0.1, -0.05) is 6.07 Å². The molecule has 1 atom stereocenters. The van der Waals surface area contributed by atoms with E-state index in [0.29, 0.717) is 6.54 Å². The first kappa shape index (κ1) is 15.1. The number of amides is 1. The molecule has 0 radical (unpaired) electrons. The SMILES string of the molecule is CCN(C(=O)Cc1ncccc1C)C(C)CC(=O)O. The predicted octanol–water partition coefficient (Wildman–Crippen LogP) is 1.64. The molecule has 1 aromatic rings. The standard InChI is InChI=1S/C14H20N2O3/c1-4-16(11(3)8-14(18)19)13(17)9-12-10(2)6-5-7-15-12/h5-7,11H,4,8-9H2,1-3H3,(H,18,19). The summed E-state index contributed by atoms with van der Waals surface area (Å²) in [6.45, 7) is 6.01. The van der Waals surface area contributed by atoms with E-state index in [-0.39, 0.29) is 24.8 Å². The maximum Gasteiger partial charge on any atom is 0.305 e. The number of hydrogen-bond acceptors (Lipinski definition) is 3. The van der Waals surface area contributed by atoms with Crippen LogP contribution in [0.2, 0.25) is 0 Å². The maximum absolute atomic E-state index is 12.2. The van der Waals surface area contributed by atoms with E-state index in [1.54, 1.807) is 18.0 Å². The summed E-state index contributed by atoms with van der Waals surface area (Å²) in [6.07, 6.45) is 1.83. The molecule has 1 rings (SSSR count). The van der Waals surface area contributed by atoms with E-state index >= 15 is 0 Å². The van der Waals surface area contributed by atoms with Crippen LogP contribution in [0.1, 0.15) is 31.5 Å². The predicted molar refractivity (Wildman–Crippen MR) is 71.8 cm³/mol. The zero-order valence-electron chi connectivity index (χ0n) is 11.6. The fraction of sp³-hybridized carbons (Fsp3) is 0.500. The third kappa shape index (κ3) is 4.35. The van der Waals surface area contributed by atoms with Crippen LogP contribution in [0.5, 0.6) is 0 Å². The zero-order valence-corrected chi connectivity index (χ0v) is 11.6. The molecule has 0 bridgehead atoms. The third-order valence-corrected chi connectivity index (χ3v) is 3.10. The summed E-state index contributed by atoms with van der Waals surface area (Å²) in [7, 11) is 0. The van der Waals surface area contributed by atoms with Gasteiger partial charge in [0.1, 0.15) is 0 Å². The lowest BCUT2D eigenvalue weighted by Gasteiger charge is -2.27. The minimum absolute atomic E-state index is 0.0409. The van der Waals surface area contributed by atoms with Crippen LogP contribution in [0, 0.1) is 6.92 Å². The van der Waals surface area contributed by atoms with Crippen molar-refractivity contribution < 1.29 is 14.7 Å². The van der Waals surface area contributed by atoms with Crippen LogP contribution in [-0.4, -0.2) is 39.5 Å². The molecule has 0 aromatic carbocycles. The fourth-order valence-electron chi connectivity index (χ4n) is 2.04. The molecule has 0 fully saturated rings. The Bertz CT molecular complexity index is 460. The number of carbonyl (C=O) groups excluding carboxylic acids is 1. The molecule has 0 saturated heterocycles. The number of aromatic nitrogens is 1. The van der Waals surface area contributed by atoms with Crippen molar-refractivity contribution in [3.8, 4) is 0 Å². The Balaban J connectivity index is 2.74. The van der Waals surface area contributed by atoms with E-state index in [9.17, 15) is 9.59 Å². The van der Waals surface area contributed by atoms with E-state index in [0.717, 1.165) is 11.3 Å². The lowest BCUT2D eigenvalue weighted by atomic mass is 10.1. The summed E-state index contributed by atoms with van der Waals surface area (Å²) in [4.78, 5) is 28.7. The summed E-state index contributed by atoms with van der Waals surface area (Å²) in [5.41, 5.74) is 1.71. The van der Waals surface area contributed by atoms with Crippen LogP contribution in [0.3, 0.4) is 0 Å². The van der Waals surface area contributed by atoms with Gasteiger partial charge in [-0.3, -0.25) is 14.6 Å². The van der Waals surface area contributed by atoms with Gasteiger partial charge in [0.05, 0.1) is 18.5 Å². The third-order valence-electron chi connectivity index (χ3n) is 3.10. The molecule has 19 heavy (non-hydrogen) atoms. The van der Waals surface area contributed by atoms with Gasteiger partial charge < -0.3 is 10.0 Å². The molecule has 0 aliphatic heterocycles. The number of hydrogen-bond donors (Lipinski definition) is 1. The number of carboxylic acids is 1. The van der Waals surface area contributed by atoms with E-state index in [1.807, 2.05) is 26.0 Å². The van der Waals surface area contributed by atoms with Crippen LogP contribution < -0.4 is 0 Å². The molecule has 0 aliphatic rings. The minimum atomic E-state index is -0.896. The summed E-state index contributed by atoms with van der Waals surface area (Å²) in [5.74, 6) is -0.981. The highest BCUT2D eigenvalue weighted by Crippen LogP contribution is 2.10. The first-order valence-corrected chi connectivity index (χ1v) is 6.37. The van der Waals surface area contributed by atoms with Crippen molar-refractivity contribution in [2.45, 2.75) is 39.7 Å². The van der Waals surface area contributed by atoms with Crippen LogP contribution >= 0.6 is 0 Å². The average Bonchev–Trinajstić information content (AvgIpc) is 2.32. The molecule has 1 N–H and O–H groups in total. The Morgan fingerprint density at radius 3 is 2.68 bits per heavy atom. The Labute approximate surface area is 113 Å². The smallest absolute Gasteiger partial charge is 0.305 e. The molecule has 0 aliphatic carbocycles. The summed E-state index contributed by atoms with van der Waals surface area (Å²) in [6, 6.07) is 3.43. The van der Waals surface area contributed by atoms with Gasteiger partial charge >= 0.3 is 5.97 Å². The Morgan fingerprint density at radius 1 is 1.47 bits per heavy atom. The molecule has 5 nitrogen and oxygen atoms in total. The number of likely N-dealkylation sites (N-methyl/N-ethyl adjacent to an activating group) is 1. The number of aliphatic carboxylic acids is 1. The van der Waals surface area contributed by atoms with Gasteiger partial charge in [0, 0.05) is 18.8 Å². The average molecular weight is 264 g/mol.